The highest BCUT2D eigenvalue weighted by atomic mass is 32.2. The van der Waals surface area contributed by atoms with E-state index in [1.807, 2.05) is 44.2 Å². The quantitative estimate of drug-likeness (QED) is 0.713. The molecule has 4 nitrogen and oxygen atoms in total. The molecule has 6 heteroatoms. The molecule has 0 spiro atoms. The number of aliphatic imine (C=N–C) groups is 1. The Hall–Kier alpha value is -2.34. The second-order valence-electron chi connectivity index (χ2n) is 6.21. The Morgan fingerprint density at radius 2 is 1.93 bits per heavy atom. The van der Waals surface area contributed by atoms with Crippen molar-refractivity contribution in [3.63, 3.8) is 0 Å². The highest BCUT2D eigenvalue weighted by Gasteiger charge is 2.36. The second-order valence-corrected chi connectivity index (χ2v) is 7.38. The molecule has 142 valence electrons. The molecule has 0 aromatic heterocycles. The zero-order chi connectivity index (χ0) is 19.2. The van der Waals surface area contributed by atoms with Crippen molar-refractivity contribution >= 4 is 22.8 Å². The van der Waals surface area contributed by atoms with Crippen LogP contribution in [0, 0.1) is 5.82 Å². The molecular weight excluding hydrogens is 363 g/mol. The summed E-state index contributed by atoms with van der Waals surface area (Å²) in [5.41, 5.74) is 1.86. The largest absolute Gasteiger partial charge is 0.489 e. The molecule has 1 saturated heterocycles. The van der Waals surface area contributed by atoms with E-state index in [2.05, 4.69) is 4.99 Å². The minimum atomic E-state index is -0.266. The van der Waals surface area contributed by atoms with E-state index in [0.29, 0.717) is 26.1 Å². The van der Waals surface area contributed by atoms with E-state index in [-0.39, 0.29) is 17.0 Å². The molecule has 2 aromatic rings. The molecule has 0 bridgehead atoms. The van der Waals surface area contributed by atoms with Gasteiger partial charge in [-0.2, -0.15) is 0 Å². The first-order chi connectivity index (χ1) is 13.1. The van der Waals surface area contributed by atoms with Crippen LogP contribution >= 0.6 is 11.8 Å². The Kier molecular flexibility index (Phi) is 6.50. The molecule has 0 N–H and O–H groups in total. The van der Waals surface area contributed by atoms with Crippen LogP contribution in [0.2, 0.25) is 0 Å². The summed E-state index contributed by atoms with van der Waals surface area (Å²) in [4.78, 5) is 18.7. The van der Waals surface area contributed by atoms with Gasteiger partial charge in [0.1, 0.15) is 18.2 Å². The molecule has 0 radical (unpaired) electrons. The highest BCUT2D eigenvalue weighted by Crippen LogP contribution is 2.30. The summed E-state index contributed by atoms with van der Waals surface area (Å²) in [5, 5.41) is 0.694. The number of hydrogen-bond donors (Lipinski definition) is 0. The van der Waals surface area contributed by atoms with Gasteiger partial charge in [0.25, 0.3) is 0 Å². The highest BCUT2D eigenvalue weighted by molar-refractivity contribution is 8.15. The fraction of sp³-hybridized carbons (Fsp3) is 0.333. The lowest BCUT2D eigenvalue weighted by Gasteiger charge is -2.13. The third kappa shape index (κ3) is 4.89. The fourth-order valence-corrected chi connectivity index (χ4v) is 4.22. The number of hydrogen-bond acceptors (Lipinski definition) is 4. The van der Waals surface area contributed by atoms with Gasteiger partial charge in [-0.25, -0.2) is 4.39 Å². The molecule has 0 saturated carbocycles. The van der Waals surface area contributed by atoms with Crippen molar-refractivity contribution in [2.45, 2.75) is 32.1 Å². The lowest BCUT2D eigenvalue weighted by atomic mass is 10.1. The van der Waals surface area contributed by atoms with Gasteiger partial charge in [0.2, 0.25) is 5.91 Å². The smallest absolute Gasteiger partial charge is 0.242 e. The molecule has 0 aliphatic carbocycles. The maximum Gasteiger partial charge on any atom is 0.242 e. The molecule has 1 atom stereocenters. The van der Waals surface area contributed by atoms with Gasteiger partial charge in [-0.05, 0) is 55.7 Å². The van der Waals surface area contributed by atoms with Crippen LogP contribution in [0.4, 0.5) is 4.39 Å². The predicted molar refractivity (Wildman–Crippen MR) is 108 cm³/mol. The number of halogens is 1. The van der Waals surface area contributed by atoms with Crippen LogP contribution < -0.4 is 4.74 Å². The molecule has 3 rings (SSSR count). The van der Waals surface area contributed by atoms with E-state index in [1.54, 1.807) is 22.7 Å². The summed E-state index contributed by atoms with van der Waals surface area (Å²) >= 11 is 1.54. The predicted octanol–water partition coefficient (Wildman–Crippen LogP) is 4.29. The number of rotatable bonds is 7. The van der Waals surface area contributed by atoms with Gasteiger partial charge in [0, 0.05) is 13.1 Å². The minimum absolute atomic E-state index is 0.126. The fourth-order valence-electron chi connectivity index (χ4n) is 2.92. The standard InChI is InChI=1S/C21H23FN2O2S/c1-3-23-21-24(4-2)20(25)19(27-21)13-15-8-10-18(11-9-15)26-14-16-6-5-7-17(22)12-16/h5-12,19H,3-4,13-14H2,1-2H3/t19-/m1/s1. The lowest BCUT2D eigenvalue weighted by Crippen LogP contribution is -2.32. The first-order valence-electron chi connectivity index (χ1n) is 9.09. The molecule has 1 fully saturated rings. The number of ether oxygens (including phenoxy) is 1. The van der Waals surface area contributed by atoms with Crippen LogP contribution in [-0.2, 0) is 17.8 Å². The topological polar surface area (TPSA) is 41.9 Å². The van der Waals surface area contributed by atoms with E-state index in [0.717, 1.165) is 22.0 Å². The number of thioether (sulfide) groups is 1. The zero-order valence-corrected chi connectivity index (χ0v) is 16.3. The molecule has 27 heavy (non-hydrogen) atoms. The molecule has 2 aromatic carbocycles. The van der Waals surface area contributed by atoms with Crippen LogP contribution in [0.5, 0.6) is 5.75 Å². The van der Waals surface area contributed by atoms with E-state index in [1.165, 1.54) is 12.1 Å². The Balaban J connectivity index is 1.59. The van der Waals surface area contributed by atoms with Crippen LogP contribution in [0.25, 0.3) is 0 Å². The average Bonchev–Trinajstić information content (AvgIpc) is 2.96. The van der Waals surface area contributed by atoms with Crippen LogP contribution in [-0.4, -0.2) is 34.3 Å². The molecule has 1 aliphatic heterocycles. The molecule has 1 heterocycles. The van der Waals surface area contributed by atoms with Crippen LogP contribution in [0.3, 0.4) is 0 Å². The average molecular weight is 386 g/mol. The van der Waals surface area contributed by atoms with Gasteiger partial charge in [-0.1, -0.05) is 36.0 Å². The van der Waals surface area contributed by atoms with Crippen molar-refractivity contribution in [3.8, 4) is 5.75 Å². The summed E-state index contributed by atoms with van der Waals surface area (Å²) in [6, 6.07) is 14.1. The molecule has 0 unspecified atom stereocenters. The number of carbonyl (C=O) groups is 1. The summed E-state index contributed by atoms with van der Waals surface area (Å²) in [6.45, 7) is 5.58. The van der Waals surface area contributed by atoms with Gasteiger partial charge in [0.15, 0.2) is 5.17 Å². The molecule has 1 amide bonds. The first-order valence-corrected chi connectivity index (χ1v) is 9.97. The number of benzene rings is 2. The number of amides is 1. The van der Waals surface area contributed by atoms with Crippen molar-refractivity contribution in [1.82, 2.24) is 4.90 Å². The third-order valence-electron chi connectivity index (χ3n) is 4.27. The van der Waals surface area contributed by atoms with Crippen molar-refractivity contribution in [2.75, 3.05) is 13.1 Å². The summed E-state index contributed by atoms with van der Waals surface area (Å²) in [6.07, 6.45) is 0.660. The zero-order valence-electron chi connectivity index (χ0n) is 15.5. The Labute approximate surface area is 163 Å². The van der Waals surface area contributed by atoms with Crippen molar-refractivity contribution in [3.05, 3.63) is 65.5 Å². The van der Waals surface area contributed by atoms with E-state index in [9.17, 15) is 9.18 Å². The number of amidine groups is 1. The van der Waals surface area contributed by atoms with Crippen LogP contribution in [0.1, 0.15) is 25.0 Å². The number of nitrogens with zero attached hydrogens (tertiary/aromatic N) is 2. The second kappa shape index (κ2) is 9.04. The lowest BCUT2D eigenvalue weighted by molar-refractivity contribution is -0.126. The Morgan fingerprint density at radius 3 is 2.59 bits per heavy atom. The van der Waals surface area contributed by atoms with E-state index < -0.39 is 0 Å². The number of carbonyl (C=O) groups excluding carboxylic acids is 1. The van der Waals surface area contributed by atoms with Gasteiger partial charge >= 0.3 is 0 Å². The van der Waals surface area contributed by atoms with E-state index in [4.69, 9.17) is 4.74 Å². The van der Waals surface area contributed by atoms with Gasteiger partial charge in [-0.3, -0.25) is 14.7 Å². The maximum atomic E-state index is 13.2. The van der Waals surface area contributed by atoms with Crippen molar-refractivity contribution in [2.24, 2.45) is 4.99 Å². The maximum absolute atomic E-state index is 13.2. The summed E-state index contributed by atoms with van der Waals surface area (Å²) in [5.74, 6) is 0.579. The minimum Gasteiger partial charge on any atom is -0.489 e. The van der Waals surface area contributed by atoms with Crippen LogP contribution in [0.15, 0.2) is 53.5 Å². The Bertz CT molecular complexity index is 823. The normalized spacial score (nSPS) is 18.3. The summed E-state index contributed by atoms with van der Waals surface area (Å²) < 4.78 is 18.9. The van der Waals surface area contributed by atoms with Crippen molar-refractivity contribution < 1.29 is 13.9 Å². The monoisotopic (exact) mass is 386 g/mol. The molecule has 1 aliphatic rings. The van der Waals surface area contributed by atoms with Crippen molar-refractivity contribution in [1.29, 1.82) is 0 Å². The SMILES string of the molecule is CCN=C1S[C@H](Cc2ccc(OCc3cccc(F)c3)cc2)C(=O)N1CC. The molecular formula is C21H23FN2O2S. The Morgan fingerprint density at radius 1 is 1.15 bits per heavy atom. The van der Waals surface area contributed by atoms with E-state index >= 15 is 0 Å². The third-order valence-corrected chi connectivity index (χ3v) is 5.48. The first kappa shape index (κ1) is 19.4. The van der Waals surface area contributed by atoms with Gasteiger partial charge in [0.05, 0.1) is 5.25 Å². The van der Waals surface area contributed by atoms with Gasteiger partial charge in [-0.15, -0.1) is 0 Å². The summed E-state index contributed by atoms with van der Waals surface area (Å²) in [7, 11) is 0. The van der Waals surface area contributed by atoms with Gasteiger partial charge < -0.3 is 4.74 Å².